The largest absolute Gasteiger partial charge is 0.460 e. The molecule has 0 aromatic heterocycles. The van der Waals surface area contributed by atoms with E-state index in [4.69, 9.17) is 4.74 Å². The average Bonchev–Trinajstić information content (AvgIpc) is 2.15. The quantitative estimate of drug-likeness (QED) is 0.484. The molecule has 0 aliphatic rings. The van der Waals surface area contributed by atoms with E-state index in [1.807, 2.05) is 0 Å². The first-order valence-corrected chi connectivity index (χ1v) is 5.91. The topological polar surface area (TPSA) is 46.6 Å². The number of likely N-dealkylation sites (N-methyl/N-ethyl adjacent to an activating group) is 1. The van der Waals surface area contributed by atoms with Crippen LogP contribution in [0.25, 0.3) is 0 Å². The monoisotopic (exact) mass is 245 g/mol. The summed E-state index contributed by atoms with van der Waals surface area (Å²) in [5, 5.41) is 0. The van der Waals surface area contributed by atoms with Crippen LogP contribution in [0.2, 0.25) is 0 Å². The van der Waals surface area contributed by atoms with Crippen molar-refractivity contribution in [3.63, 3.8) is 0 Å². The number of carbonyl (C=O) groups is 2. The van der Waals surface area contributed by atoms with Gasteiger partial charge in [-0.3, -0.25) is 9.59 Å². The van der Waals surface area contributed by atoms with E-state index in [0.29, 0.717) is 6.61 Å². The minimum atomic E-state index is -0.235. The first kappa shape index (κ1) is 15.9. The molecule has 0 unspecified atom stereocenters. The summed E-state index contributed by atoms with van der Waals surface area (Å²) in [6, 6.07) is 0. The van der Waals surface area contributed by atoms with Crippen LogP contribution in [0.3, 0.4) is 0 Å². The zero-order valence-corrected chi connectivity index (χ0v) is 11.7. The lowest BCUT2D eigenvalue weighted by Gasteiger charge is -2.30. The van der Waals surface area contributed by atoms with Crippen molar-refractivity contribution in [2.75, 3.05) is 47.4 Å². The molecule has 5 nitrogen and oxygen atoms in total. The molecule has 0 radical (unpaired) electrons. The van der Waals surface area contributed by atoms with E-state index in [-0.39, 0.29) is 11.9 Å². The predicted octanol–water partition coefficient (Wildman–Crippen LogP) is 0.494. The molecule has 0 saturated heterocycles. The Bertz CT molecular complexity index is 264. The Morgan fingerprint density at radius 2 is 1.76 bits per heavy atom. The molecule has 0 aliphatic carbocycles. The molecule has 0 aromatic carbocycles. The number of carbonyl (C=O) groups excluding carboxylic acids is 2. The highest BCUT2D eigenvalue weighted by Gasteiger charge is 2.15. The van der Waals surface area contributed by atoms with Crippen LogP contribution in [0, 0.1) is 0 Å². The SMILES string of the molecule is CC(=O)OCC[N+](C)(C)CCCN(C)C(C)=O. The van der Waals surface area contributed by atoms with Crippen LogP contribution in [-0.2, 0) is 14.3 Å². The zero-order valence-electron chi connectivity index (χ0n) is 11.7. The Balaban J connectivity index is 3.77. The Morgan fingerprint density at radius 1 is 1.18 bits per heavy atom. The van der Waals surface area contributed by atoms with Gasteiger partial charge in [0, 0.05) is 33.9 Å². The van der Waals surface area contributed by atoms with Gasteiger partial charge >= 0.3 is 5.97 Å². The lowest BCUT2D eigenvalue weighted by Crippen LogP contribution is -2.44. The molecule has 0 N–H and O–H groups in total. The molecule has 0 bridgehead atoms. The van der Waals surface area contributed by atoms with Crippen molar-refractivity contribution >= 4 is 11.9 Å². The number of ether oxygens (including phenoxy) is 1. The fraction of sp³-hybridized carbons (Fsp3) is 0.833. The molecule has 0 aliphatic heterocycles. The van der Waals surface area contributed by atoms with Gasteiger partial charge in [0.2, 0.25) is 5.91 Å². The smallest absolute Gasteiger partial charge is 0.302 e. The molecule has 100 valence electrons. The minimum absolute atomic E-state index is 0.0928. The van der Waals surface area contributed by atoms with Crippen molar-refractivity contribution in [2.24, 2.45) is 0 Å². The molecule has 0 fully saturated rings. The molecule has 0 heterocycles. The molecule has 0 spiro atoms. The van der Waals surface area contributed by atoms with Crippen LogP contribution in [-0.4, -0.2) is 68.6 Å². The molecule has 1 amide bonds. The molecule has 0 atom stereocenters. The third-order valence-corrected chi connectivity index (χ3v) is 2.80. The average molecular weight is 245 g/mol. The van der Waals surface area contributed by atoms with Gasteiger partial charge in [-0.25, -0.2) is 0 Å². The molecule has 0 aromatic rings. The van der Waals surface area contributed by atoms with Crippen molar-refractivity contribution in [3.8, 4) is 0 Å². The van der Waals surface area contributed by atoms with Gasteiger partial charge in [0.25, 0.3) is 0 Å². The van der Waals surface area contributed by atoms with Crippen LogP contribution in [0.4, 0.5) is 0 Å². The Kier molecular flexibility index (Phi) is 6.80. The van der Waals surface area contributed by atoms with Crippen molar-refractivity contribution in [1.29, 1.82) is 0 Å². The summed E-state index contributed by atoms with van der Waals surface area (Å²) in [7, 11) is 6.00. The summed E-state index contributed by atoms with van der Waals surface area (Å²) in [5.74, 6) is -0.142. The van der Waals surface area contributed by atoms with Gasteiger partial charge < -0.3 is 14.1 Å². The van der Waals surface area contributed by atoms with E-state index in [0.717, 1.165) is 30.5 Å². The highest BCUT2D eigenvalue weighted by molar-refractivity contribution is 5.72. The summed E-state index contributed by atoms with van der Waals surface area (Å²) in [4.78, 5) is 23.4. The second-order valence-electron chi connectivity index (χ2n) is 5.02. The lowest BCUT2D eigenvalue weighted by molar-refractivity contribution is -0.890. The molecular formula is C12H25N2O3+. The van der Waals surface area contributed by atoms with E-state index in [1.54, 1.807) is 18.9 Å². The highest BCUT2D eigenvalue weighted by atomic mass is 16.5. The number of nitrogens with zero attached hydrogens (tertiary/aromatic N) is 2. The Morgan fingerprint density at radius 3 is 2.24 bits per heavy atom. The van der Waals surface area contributed by atoms with Crippen molar-refractivity contribution in [3.05, 3.63) is 0 Å². The Labute approximate surface area is 104 Å². The number of rotatable bonds is 7. The molecule has 0 saturated carbocycles. The minimum Gasteiger partial charge on any atom is -0.460 e. The maximum atomic E-state index is 11.0. The normalized spacial score (nSPS) is 11.1. The van der Waals surface area contributed by atoms with E-state index in [1.165, 1.54) is 6.92 Å². The number of esters is 1. The first-order chi connectivity index (χ1) is 7.74. The van der Waals surface area contributed by atoms with Crippen LogP contribution in [0.5, 0.6) is 0 Å². The van der Waals surface area contributed by atoms with Crippen molar-refractivity contribution in [2.45, 2.75) is 20.3 Å². The number of hydrogen-bond acceptors (Lipinski definition) is 3. The van der Waals surface area contributed by atoms with E-state index < -0.39 is 0 Å². The molecule has 5 heteroatoms. The summed E-state index contributed by atoms with van der Waals surface area (Å²) in [6.45, 7) is 5.96. The van der Waals surface area contributed by atoms with E-state index >= 15 is 0 Å². The van der Waals surface area contributed by atoms with E-state index in [2.05, 4.69) is 14.1 Å². The van der Waals surface area contributed by atoms with Crippen LogP contribution in [0.1, 0.15) is 20.3 Å². The fourth-order valence-corrected chi connectivity index (χ4v) is 1.44. The van der Waals surface area contributed by atoms with Gasteiger partial charge in [-0.2, -0.15) is 0 Å². The first-order valence-electron chi connectivity index (χ1n) is 5.91. The second-order valence-corrected chi connectivity index (χ2v) is 5.02. The van der Waals surface area contributed by atoms with Gasteiger partial charge in [0.05, 0.1) is 20.6 Å². The summed E-state index contributed by atoms with van der Waals surface area (Å²) in [5.41, 5.74) is 0. The summed E-state index contributed by atoms with van der Waals surface area (Å²) >= 11 is 0. The zero-order chi connectivity index (χ0) is 13.5. The highest BCUT2D eigenvalue weighted by Crippen LogP contribution is 2.00. The summed E-state index contributed by atoms with van der Waals surface area (Å²) < 4.78 is 5.71. The number of amides is 1. The van der Waals surface area contributed by atoms with Crippen LogP contribution < -0.4 is 0 Å². The van der Waals surface area contributed by atoms with Crippen LogP contribution in [0.15, 0.2) is 0 Å². The summed E-state index contributed by atoms with van der Waals surface area (Å²) in [6.07, 6.45) is 0.948. The van der Waals surface area contributed by atoms with Crippen molar-refractivity contribution in [1.82, 2.24) is 4.90 Å². The fourth-order valence-electron chi connectivity index (χ4n) is 1.44. The second kappa shape index (κ2) is 7.27. The van der Waals surface area contributed by atoms with Gasteiger partial charge in [-0.1, -0.05) is 0 Å². The maximum absolute atomic E-state index is 11.0. The number of hydrogen-bond donors (Lipinski definition) is 0. The van der Waals surface area contributed by atoms with Gasteiger partial charge in [-0.15, -0.1) is 0 Å². The molecule has 0 rings (SSSR count). The Hall–Kier alpha value is -1.10. The van der Waals surface area contributed by atoms with Crippen molar-refractivity contribution < 1.29 is 18.8 Å². The van der Waals surface area contributed by atoms with Gasteiger partial charge in [0.15, 0.2) is 0 Å². The lowest BCUT2D eigenvalue weighted by atomic mass is 10.3. The standard InChI is InChI=1S/C12H25N2O3/c1-11(15)13(3)7-6-8-14(4,5)9-10-17-12(2)16/h6-10H2,1-5H3/q+1. The number of quaternary nitrogens is 1. The van der Waals surface area contributed by atoms with Gasteiger partial charge in [-0.05, 0) is 0 Å². The molecular weight excluding hydrogens is 220 g/mol. The third kappa shape index (κ3) is 8.68. The van der Waals surface area contributed by atoms with E-state index in [9.17, 15) is 9.59 Å². The molecule has 17 heavy (non-hydrogen) atoms. The predicted molar refractivity (Wildman–Crippen MR) is 66.4 cm³/mol. The maximum Gasteiger partial charge on any atom is 0.302 e. The van der Waals surface area contributed by atoms with Gasteiger partial charge in [0.1, 0.15) is 13.2 Å². The third-order valence-electron chi connectivity index (χ3n) is 2.80. The van der Waals surface area contributed by atoms with Crippen LogP contribution >= 0.6 is 0 Å².